The quantitative estimate of drug-likeness (QED) is 0.610. The molecule has 1 N–H and O–H groups in total. The molecule has 0 unspecified atom stereocenters. The van der Waals surface area contributed by atoms with E-state index in [4.69, 9.17) is 4.74 Å². The molecule has 166 valence electrons. The van der Waals surface area contributed by atoms with Gasteiger partial charge in [-0.2, -0.15) is 0 Å². The van der Waals surface area contributed by atoms with E-state index < -0.39 is 5.41 Å². The Morgan fingerprint density at radius 2 is 1.84 bits per heavy atom. The maximum Gasteiger partial charge on any atom is 0.227 e. The molecule has 1 saturated heterocycles. The van der Waals surface area contributed by atoms with Crippen molar-refractivity contribution >= 4 is 5.91 Å². The van der Waals surface area contributed by atoms with Crippen LogP contribution in [0.2, 0.25) is 0 Å². The first-order valence-electron chi connectivity index (χ1n) is 11.1. The maximum absolute atomic E-state index is 13.2. The standard InChI is InChI=1S/C27H31N3O2/c1-20-7-6-9-23(25(20)32-3)18-30-16-13-27(19-30,26(31)28-2)17-22-8-4-5-10-24(22)21-11-14-29-15-12-21/h4-12,14-15H,13,16-19H2,1-3H3,(H,28,31)/t27-/m1/s1. The van der Waals surface area contributed by atoms with E-state index in [0.29, 0.717) is 13.0 Å². The number of hydrogen-bond acceptors (Lipinski definition) is 4. The number of likely N-dealkylation sites (tertiary alicyclic amines) is 1. The average molecular weight is 430 g/mol. The first-order valence-corrected chi connectivity index (χ1v) is 11.1. The van der Waals surface area contributed by atoms with Crippen LogP contribution in [0.3, 0.4) is 0 Å². The zero-order chi connectivity index (χ0) is 22.6. The zero-order valence-corrected chi connectivity index (χ0v) is 19.1. The van der Waals surface area contributed by atoms with E-state index >= 15 is 0 Å². The lowest BCUT2D eigenvalue weighted by Gasteiger charge is -2.29. The second-order valence-electron chi connectivity index (χ2n) is 8.66. The largest absolute Gasteiger partial charge is 0.496 e. The van der Waals surface area contributed by atoms with Crippen LogP contribution in [-0.2, 0) is 17.8 Å². The van der Waals surface area contributed by atoms with Crippen LogP contribution in [-0.4, -0.2) is 43.0 Å². The topological polar surface area (TPSA) is 54.5 Å². The van der Waals surface area contributed by atoms with E-state index in [1.165, 1.54) is 5.56 Å². The van der Waals surface area contributed by atoms with Gasteiger partial charge in [0.15, 0.2) is 0 Å². The number of carbonyl (C=O) groups excluding carboxylic acids is 1. The monoisotopic (exact) mass is 429 g/mol. The van der Waals surface area contributed by atoms with Gasteiger partial charge in [-0.05, 0) is 60.7 Å². The number of amides is 1. The highest BCUT2D eigenvalue weighted by atomic mass is 16.5. The van der Waals surface area contributed by atoms with Crippen LogP contribution in [0.1, 0.15) is 23.1 Å². The molecule has 2 heterocycles. The number of nitrogens with zero attached hydrogens (tertiary/aromatic N) is 2. The molecule has 0 bridgehead atoms. The van der Waals surface area contributed by atoms with Gasteiger partial charge in [-0.25, -0.2) is 0 Å². The van der Waals surface area contributed by atoms with Gasteiger partial charge in [0.25, 0.3) is 0 Å². The van der Waals surface area contributed by atoms with Crippen LogP contribution >= 0.6 is 0 Å². The van der Waals surface area contributed by atoms with Gasteiger partial charge in [-0.1, -0.05) is 42.5 Å². The number of aryl methyl sites for hydroxylation is 1. The fourth-order valence-corrected chi connectivity index (χ4v) is 4.99. The molecule has 1 atom stereocenters. The lowest BCUT2D eigenvalue weighted by atomic mass is 9.78. The number of ether oxygens (including phenoxy) is 1. The van der Waals surface area contributed by atoms with Gasteiger partial charge in [0.2, 0.25) is 5.91 Å². The van der Waals surface area contributed by atoms with E-state index in [1.54, 1.807) is 14.2 Å². The first kappa shape index (κ1) is 22.0. The normalized spacial score (nSPS) is 18.5. The van der Waals surface area contributed by atoms with E-state index in [1.807, 2.05) is 24.5 Å². The summed E-state index contributed by atoms with van der Waals surface area (Å²) in [6.45, 7) is 4.43. The summed E-state index contributed by atoms with van der Waals surface area (Å²) < 4.78 is 5.66. The van der Waals surface area contributed by atoms with Gasteiger partial charge in [-0.3, -0.25) is 14.7 Å². The Morgan fingerprint density at radius 1 is 1.09 bits per heavy atom. The number of rotatable bonds is 7. The molecule has 5 nitrogen and oxygen atoms in total. The summed E-state index contributed by atoms with van der Waals surface area (Å²) in [5.74, 6) is 1.05. The van der Waals surface area contributed by atoms with Crippen LogP contribution in [0.25, 0.3) is 11.1 Å². The van der Waals surface area contributed by atoms with Crippen LogP contribution in [0.5, 0.6) is 5.75 Å². The van der Waals surface area contributed by atoms with Crippen LogP contribution in [0.15, 0.2) is 67.0 Å². The third kappa shape index (κ3) is 4.39. The molecule has 1 amide bonds. The molecule has 5 heteroatoms. The summed E-state index contributed by atoms with van der Waals surface area (Å²) in [6, 6.07) is 18.7. The summed E-state index contributed by atoms with van der Waals surface area (Å²) in [4.78, 5) is 19.7. The third-order valence-corrected chi connectivity index (χ3v) is 6.57. The fourth-order valence-electron chi connectivity index (χ4n) is 4.99. The van der Waals surface area contributed by atoms with Crippen molar-refractivity contribution in [2.75, 3.05) is 27.2 Å². The molecule has 3 aromatic rings. The molecule has 1 fully saturated rings. The molecule has 0 spiro atoms. The number of carbonyl (C=O) groups is 1. The van der Waals surface area contributed by atoms with Crippen molar-refractivity contribution < 1.29 is 9.53 Å². The Bertz CT molecular complexity index is 1080. The Hall–Kier alpha value is -3.18. The number of pyridine rings is 1. The van der Waals surface area contributed by atoms with E-state index in [0.717, 1.165) is 47.5 Å². The zero-order valence-electron chi connectivity index (χ0n) is 19.1. The minimum atomic E-state index is -0.463. The van der Waals surface area contributed by atoms with Gasteiger partial charge in [0.1, 0.15) is 5.75 Å². The van der Waals surface area contributed by atoms with Crippen molar-refractivity contribution in [2.45, 2.75) is 26.3 Å². The summed E-state index contributed by atoms with van der Waals surface area (Å²) in [5.41, 5.74) is 5.32. The highest BCUT2D eigenvalue weighted by Gasteiger charge is 2.44. The highest BCUT2D eigenvalue weighted by Crippen LogP contribution is 2.38. The molecular weight excluding hydrogens is 398 g/mol. The number of benzene rings is 2. The van der Waals surface area contributed by atoms with Crippen molar-refractivity contribution in [1.29, 1.82) is 0 Å². The highest BCUT2D eigenvalue weighted by molar-refractivity contribution is 5.84. The lowest BCUT2D eigenvalue weighted by Crippen LogP contribution is -2.43. The lowest BCUT2D eigenvalue weighted by molar-refractivity contribution is -0.130. The molecule has 1 aliphatic heterocycles. The van der Waals surface area contributed by atoms with Crippen molar-refractivity contribution in [3.8, 4) is 16.9 Å². The van der Waals surface area contributed by atoms with Crippen LogP contribution in [0, 0.1) is 12.3 Å². The van der Waals surface area contributed by atoms with E-state index in [2.05, 4.69) is 64.6 Å². The van der Waals surface area contributed by atoms with Crippen molar-refractivity contribution in [3.05, 3.63) is 83.7 Å². The number of para-hydroxylation sites is 1. The predicted molar refractivity (Wildman–Crippen MR) is 128 cm³/mol. The van der Waals surface area contributed by atoms with E-state index in [9.17, 15) is 4.79 Å². The minimum absolute atomic E-state index is 0.112. The van der Waals surface area contributed by atoms with Gasteiger partial charge in [0.05, 0.1) is 12.5 Å². The van der Waals surface area contributed by atoms with Crippen molar-refractivity contribution in [3.63, 3.8) is 0 Å². The van der Waals surface area contributed by atoms with Crippen LogP contribution < -0.4 is 10.1 Å². The minimum Gasteiger partial charge on any atom is -0.496 e. The molecule has 32 heavy (non-hydrogen) atoms. The van der Waals surface area contributed by atoms with Crippen molar-refractivity contribution in [1.82, 2.24) is 15.2 Å². The predicted octanol–water partition coefficient (Wildman–Crippen LogP) is 4.25. The smallest absolute Gasteiger partial charge is 0.227 e. The molecule has 1 aliphatic rings. The van der Waals surface area contributed by atoms with E-state index in [-0.39, 0.29) is 5.91 Å². The maximum atomic E-state index is 13.2. The summed E-state index contributed by atoms with van der Waals surface area (Å²) >= 11 is 0. The summed E-state index contributed by atoms with van der Waals surface area (Å²) in [5, 5.41) is 2.94. The molecular formula is C27H31N3O2. The summed E-state index contributed by atoms with van der Waals surface area (Å²) in [6.07, 6.45) is 5.15. The average Bonchev–Trinajstić information content (AvgIpc) is 3.23. The SMILES string of the molecule is CNC(=O)[C@@]1(Cc2ccccc2-c2ccncc2)CCN(Cc2cccc(C)c2OC)C1. The third-order valence-electron chi connectivity index (χ3n) is 6.57. The second-order valence-corrected chi connectivity index (χ2v) is 8.66. The van der Waals surface area contributed by atoms with Gasteiger partial charge in [0, 0.05) is 38.1 Å². The molecule has 1 aromatic heterocycles. The second kappa shape index (κ2) is 9.53. The van der Waals surface area contributed by atoms with Gasteiger partial charge >= 0.3 is 0 Å². The van der Waals surface area contributed by atoms with Crippen molar-refractivity contribution in [2.24, 2.45) is 5.41 Å². The molecule has 0 saturated carbocycles. The summed E-state index contributed by atoms with van der Waals surface area (Å²) in [7, 11) is 3.46. The molecule has 2 aromatic carbocycles. The Morgan fingerprint density at radius 3 is 2.59 bits per heavy atom. The number of methoxy groups -OCH3 is 1. The Kier molecular flexibility index (Phi) is 6.56. The fraction of sp³-hybridized carbons (Fsp3) is 0.333. The Labute approximate surface area is 190 Å². The molecule has 4 rings (SSSR count). The van der Waals surface area contributed by atoms with Gasteiger partial charge < -0.3 is 10.1 Å². The number of aromatic nitrogens is 1. The number of hydrogen-bond donors (Lipinski definition) is 1. The van der Waals surface area contributed by atoms with Crippen LogP contribution in [0.4, 0.5) is 0 Å². The molecule has 0 radical (unpaired) electrons. The van der Waals surface area contributed by atoms with Gasteiger partial charge in [-0.15, -0.1) is 0 Å². The first-order chi connectivity index (χ1) is 15.6. The molecule has 0 aliphatic carbocycles. The number of nitrogens with one attached hydrogen (secondary N) is 1. The Balaban J connectivity index is 1.61.